The minimum atomic E-state index is -0.284. The summed E-state index contributed by atoms with van der Waals surface area (Å²) < 4.78 is 1.80. The van der Waals surface area contributed by atoms with Crippen molar-refractivity contribution in [3.8, 4) is 5.69 Å². The summed E-state index contributed by atoms with van der Waals surface area (Å²) in [5.74, 6) is -0.0695. The first-order chi connectivity index (χ1) is 11.2. The van der Waals surface area contributed by atoms with Gasteiger partial charge in [0.05, 0.1) is 23.1 Å². The number of hydrogen-bond acceptors (Lipinski definition) is 3. The van der Waals surface area contributed by atoms with Gasteiger partial charge >= 0.3 is 0 Å². The average Bonchev–Trinajstić information content (AvgIpc) is 3.07. The molecule has 1 aromatic heterocycles. The highest BCUT2D eigenvalue weighted by Gasteiger charge is 2.26. The molecule has 4 rings (SSSR count). The molecule has 1 aliphatic heterocycles. The van der Waals surface area contributed by atoms with E-state index >= 15 is 0 Å². The van der Waals surface area contributed by atoms with Gasteiger partial charge in [-0.15, -0.1) is 0 Å². The summed E-state index contributed by atoms with van der Waals surface area (Å²) in [5, 5.41) is 10.8. The Kier molecular flexibility index (Phi) is 3.12. The lowest BCUT2D eigenvalue weighted by atomic mass is 10.0. The van der Waals surface area contributed by atoms with E-state index in [1.54, 1.807) is 10.9 Å². The van der Waals surface area contributed by atoms with Crippen molar-refractivity contribution in [2.24, 2.45) is 0 Å². The first-order valence-electron chi connectivity index (χ1n) is 7.49. The fourth-order valence-corrected chi connectivity index (χ4v) is 2.81. The number of nitrogens with one attached hydrogen (secondary N) is 2. The van der Waals surface area contributed by atoms with Crippen molar-refractivity contribution < 1.29 is 4.79 Å². The second-order valence-electron chi connectivity index (χ2n) is 5.60. The number of hydrogen-bond donors (Lipinski definition) is 2. The summed E-state index contributed by atoms with van der Waals surface area (Å²) in [6, 6.07) is 15.6. The van der Waals surface area contributed by atoms with Gasteiger partial charge in [0.1, 0.15) is 6.17 Å². The predicted molar refractivity (Wildman–Crippen MR) is 88.6 cm³/mol. The molecular formula is C18H16N4O. The van der Waals surface area contributed by atoms with E-state index in [1.165, 1.54) is 0 Å². The van der Waals surface area contributed by atoms with Gasteiger partial charge in [-0.3, -0.25) is 4.79 Å². The largest absolute Gasteiger partial charge is 0.361 e. The van der Waals surface area contributed by atoms with E-state index in [-0.39, 0.29) is 12.1 Å². The lowest BCUT2D eigenvalue weighted by Crippen LogP contribution is -2.38. The zero-order valence-electron chi connectivity index (χ0n) is 12.7. The quantitative estimate of drug-likeness (QED) is 0.765. The number of aromatic nitrogens is 2. The predicted octanol–water partition coefficient (Wildman–Crippen LogP) is 3.03. The van der Waals surface area contributed by atoms with Crippen LogP contribution in [0.5, 0.6) is 0 Å². The summed E-state index contributed by atoms with van der Waals surface area (Å²) in [5.41, 5.74) is 4.51. The Morgan fingerprint density at radius 3 is 2.70 bits per heavy atom. The molecule has 0 saturated heterocycles. The Labute approximate surface area is 134 Å². The highest BCUT2D eigenvalue weighted by molar-refractivity contribution is 6.02. The van der Waals surface area contributed by atoms with Gasteiger partial charge in [0, 0.05) is 11.8 Å². The van der Waals surface area contributed by atoms with Gasteiger partial charge in [0.15, 0.2) is 0 Å². The summed E-state index contributed by atoms with van der Waals surface area (Å²) >= 11 is 0. The van der Waals surface area contributed by atoms with E-state index in [1.807, 2.05) is 61.7 Å². The second-order valence-corrected chi connectivity index (χ2v) is 5.60. The van der Waals surface area contributed by atoms with E-state index in [9.17, 15) is 4.79 Å². The van der Waals surface area contributed by atoms with Crippen LogP contribution in [0.25, 0.3) is 5.69 Å². The molecule has 0 spiro atoms. The molecule has 2 heterocycles. The molecule has 0 bridgehead atoms. The topological polar surface area (TPSA) is 59.0 Å². The third-order valence-corrected chi connectivity index (χ3v) is 4.04. The molecule has 1 atom stereocenters. The molecule has 2 N–H and O–H groups in total. The molecule has 5 nitrogen and oxygen atoms in total. The number of carbonyl (C=O) groups is 1. The Morgan fingerprint density at radius 1 is 1.04 bits per heavy atom. The maximum atomic E-state index is 12.3. The number of rotatable bonds is 2. The third kappa shape index (κ3) is 2.36. The van der Waals surface area contributed by atoms with Gasteiger partial charge in [-0.2, -0.15) is 5.10 Å². The van der Waals surface area contributed by atoms with Crippen LogP contribution in [0.4, 0.5) is 5.69 Å². The molecule has 1 amide bonds. The van der Waals surface area contributed by atoms with Gasteiger partial charge in [0.25, 0.3) is 5.91 Å². The summed E-state index contributed by atoms with van der Waals surface area (Å²) in [6.07, 6.45) is 3.42. The smallest absolute Gasteiger partial charge is 0.255 e. The molecule has 0 fully saturated rings. The van der Waals surface area contributed by atoms with Crippen LogP contribution in [0.15, 0.2) is 60.9 Å². The minimum absolute atomic E-state index is 0.0695. The Hall–Kier alpha value is -3.08. The second kappa shape index (κ2) is 5.28. The van der Waals surface area contributed by atoms with Crippen LogP contribution in [-0.4, -0.2) is 15.7 Å². The molecular weight excluding hydrogens is 288 g/mol. The molecule has 1 aliphatic rings. The third-order valence-electron chi connectivity index (χ3n) is 4.04. The number of benzene rings is 2. The van der Waals surface area contributed by atoms with Crippen LogP contribution in [0.3, 0.4) is 0 Å². The summed E-state index contributed by atoms with van der Waals surface area (Å²) in [6.45, 7) is 1.99. The standard InChI is InChI=1S/C18H16N4O/c1-12-6-5-9-15-16(12)20-17(21-18(15)23)13-10-19-22(11-13)14-7-3-2-4-8-14/h2-11,17,20H,1H3,(H,21,23)/t17-/m1/s1. The average molecular weight is 304 g/mol. The van der Waals surface area contributed by atoms with Crippen molar-refractivity contribution in [2.45, 2.75) is 13.1 Å². The molecule has 114 valence electrons. The van der Waals surface area contributed by atoms with Crippen LogP contribution in [-0.2, 0) is 0 Å². The van der Waals surface area contributed by atoms with Gasteiger partial charge in [-0.1, -0.05) is 30.3 Å². The molecule has 5 heteroatoms. The van der Waals surface area contributed by atoms with Crippen LogP contribution in [0.1, 0.15) is 27.7 Å². The molecule has 0 radical (unpaired) electrons. The van der Waals surface area contributed by atoms with Gasteiger partial charge < -0.3 is 10.6 Å². The number of nitrogens with zero attached hydrogens (tertiary/aromatic N) is 2. The van der Waals surface area contributed by atoms with E-state index in [0.717, 1.165) is 22.5 Å². The summed E-state index contributed by atoms with van der Waals surface area (Å²) in [4.78, 5) is 12.3. The zero-order valence-corrected chi connectivity index (χ0v) is 12.7. The fraction of sp³-hybridized carbons (Fsp3) is 0.111. The fourth-order valence-electron chi connectivity index (χ4n) is 2.81. The Bertz CT molecular complexity index is 870. The number of anilines is 1. The highest BCUT2D eigenvalue weighted by atomic mass is 16.2. The van der Waals surface area contributed by atoms with Crippen LogP contribution in [0, 0.1) is 6.92 Å². The molecule has 0 saturated carbocycles. The number of fused-ring (bicyclic) bond motifs is 1. The monoisotopic (exact) mass is 304 g/mol. The molecule has 23 heavy (non-hydrogen) atoms. The van der Waals surface area contributed by atoms with Gasteiger partial charge in [0.2, 0.25) is 0 Å². The van der Waals surface area contributed by atoms with Crippen LogP contribution in [0.2, 0.25) is 0 Å². The zero-order chi connectivity index (χ0) is 15.8. The molecule has 0 aliphatic carbocycles. The maximum Gasteiger partial charge on any atom is 0.255 e. The number of aryl methyl sites for hydroxylation is 1. The van der Waals surface area contributed by atoms with Gasteiger partial charge in [-0.25, -0.2) is 4.68 Å². The van der Waals surface area contributed by atoms with Crippen molar-refractivity contribution in [2.75, 3.05) is 5.32 Å². The number of carbonyl (C=O) groups excluding carboxylic acids is 1. The minimum Gasteiger partial charge on any atom is -0.361 e. The lowest BCUT2D eigenvalue weighted by Gasteiger charge is -2.28. The molecule has 2 aromatic carbocycles. The van der Waals surface area contributed by atoms with Crippen molar-refractivity contribution >= 4 is 11.6 Å². The van der Waals surface area contributed by atoms with E-state index in [2.05, 4.69) is 15.7 Å². The van der Waals surface area contributed by atoms with Crippen molar-refractivity contribution in [1.82, 2.24) is 15.1 Å². The number of para-hydroxylation sites is 2. The Morgan fingerprint density at radius 2 is 1.87 bits per heavy atom. The molecule has 0 unspecified atom stereocenters. The van der Waals surface area contributed by atoms with E-state index < -0.39 is 0 Å². The van der Waals surface area contributed by atoms with Crippen molar-refractivity contribution in [1.29, 1.82) is 0 Å². The highest BCUT2D eigenvalue weighted by Crippen LogP contribution is 2.29. The first kappa shape index (κ1) is 13.6. The first-order valence-corrected chi connectivity index (χ1v) is 7.49. The SMILES string of the molecule is Cc1cccc2c1N[C@@H](c1cnn(-c3ccccc3)c1)NC2=O. The lowest BCUT2D eigenvalue weighted by molar-refractivity contribution is 0.0935. The maximum absolute atomic E-state index is 12.3. The van der Waals surface area contributed by atoms with Crippen molar-refractivity contribution in [3.63, 3.8) is 0 Å². The summed E-state index contributed by atoms with van der Waals surface area (Å²) in [7, 11) is 0. The van der Waals surface area contributed by atoms with Crippen molar-refractivity contribution in [3.05, 3.63) is 77.6 Å². The van der Waals surface area contributed by atoms with E-state index in [0.29, 0.717) is 5.56 Å². The molecule has 3 aromatic rings. The Balaban J connectivity index is 1.67. The van der Waals surface area contributed by atoms with Crippen LogP contribution >= 0.6 is 0 Å². The number of amides is 1. The van der Waals surface area contributed by atoms with Crippen LogP contribution < -0.4 is 10.6 Å². The van der Waals surface area contributed by atoms with Gasteiger partial charge in [-0.05, 0) is 30.7 Å². The van der Waals surface area contributed by atoms with E-state index in [4.69, 9.17) is 0 Å². The normalized spacial score (nSPS) is 16.4.